The van der Waals surface area contributed by atoms with Gasteiger partial charge in [0.25, 0.3) is 0 Å². The Balaban J connectivity index is 2.86. The minimum atomic E-state index is -0.531. The molecule has 4 heteroatoms. The van der Waals surface area contributed by atoms with E-state index >= 15 is 0 Å². The Morgan fingerprint density at radius 2 is 2.24 bits per heavy atom. The molecule has 1 rings (SSSR count). The quantitative estimate of drug-likeness (QED) is 0.802. The molecule has 0 spiro atoms. The average Bonchev–Trinajstić information content (AvgIpc) is 2.35. The zero-order chi connectivity index (χ0) is 12.8. The van der Waals surface area contributed by atoms with Crippen molar-refractivity contribution >= 4 is 11.7 Å². The van der Waals surface area contributed by atoms with E-state index in [1.165, 1.54) is 19.2 Å². The third kappa shape index (κ3) is 3.73. The summed E-state index contributed by atoms with van der Waals surface area (Å²) in [5, 5.41) is 3.14. The van der Waals surface area contributed by atoms with Crippen LogP contribution in [0.5, 0.6) is 0 Å². The lowest BCUT2D eigenvalue weighted by Crippen LogP contribution is -2.14. The van der Waals surface area contributed by atoms with Crippen LogP contribution in [-0.2, 0) is 4.74 Å². The maximum atomic E-state index is 13.1. The van der Waals surface area contributed by atoms with Crippen molar-refractivity contribution < 1.29 is 13.9 Å². The number of carbonyl (C=O) groups excluding carboxylic acids is 1. The standard InChI is InChI=1S/C13H18FNO2/c1-4-9(2)8-15-12-6-5-10(14)7-11(12)13(16)17-3/h5-7,9,15H,4,8H2,1-3H3. The first kappa shape index (κ1) is 13.5. The van der Waals surface area contributed by atoms with Gasteiger partial charge in [-0.2, -0.15) is 0 Å². The molecule has 17 heavy (non-hydrogen) atoms. The summed E-state index contributed by atoms with van der Waals surface area (Å²) in [5.74, 6) is -0.485. The molecule has 1 aromatic rings. The molecule has 0 aliphatic rings. The summed E-state index contributed by atoms with van der Waals surface area (Å²) >= 11 is 0. The molecule has 1 N–H and O–H groups in total. The van der Waals surface area contributed by atoms with Crippen LogP contribution in [0.1, 0.15) is 30.6 Å². The van der Waals surface area contributed by atoms with E-state index in [1.807, 2.05) is 0 Å². The molecule has 0 heterocycles. The highest BCUT2D eigenvalue weighted by atomic mass is 19.1. The van der Waals surface area contributed by atoms with Gasteiger partial charge < -0.3 is 10.1 Å². The number of carbonyl (C=O) groups is 1. The van der Waals surface area contributed by atoms with Crippen LogP contribution in [-0.4, -0.2) is 19.6 Å². The molecule has 3 nitrogen and oxygen atoms in total. The lowest BCUT2D eigenvalue weighted by Gasteiger charge is -2.14. The van der Waals surface area contributed by atoms with Crippen LogP contribution in [0.25, 0.3) is 0 Å². The van der Waals surface area contributed by atoms with Crippen LogP contribution in [0.15, 0.2) is 18.2 Å². The van der Waals surface area contributed by atoms with Gasteiger partial charge in [-0.25, -0.2) is 9.18 Å². The molecule has 0 saturated carbocycles. The minimum Gasteiger partial charge on any atom is -0.465 e. The first-order valence-corrected chi connectivity index (χ1v) is 5.70. The van der Waals surface area contributed by atoms with Crippen molar-refractivity contribution in [2.45, 2.75) is 20.3 Å². The largest absolute Gasteiger partial charge is 0.465 e. The molecular formula is C13H18FNO2. The van der Waals surface area contributed by atoms with E-state index in [4.69, 9.17) is 0 Å². The van der Waals surface area contributed by atoms with Crippen molar-refractivity contribution in [3.63, 3.8) is 0 Å². The Morgan fingerprint density at radius 1 is 1.53 bits per heavy atom. The Morgan fingerprint density at radius 3 is 2.82 bits per heavy atom. The van der Waals surface area contributed by atoms with Crippen LogP contribution in [0.2, 0.25) is 0 Å². The fourth-order valence-corrected chi connectivity index (χ4v) is 1.38. The van der Waals surface area contributed by atoms with E-state index in [2.05, 4.69) is 23.9 Å². The fourth-order valence-electron chi connectivity index (χ4n) is 1.38. The van der Waals surface area contributed by atoms with E-state index in [-0.39, 0.29) is 5.56 Å². The van der Waals surface area contributed by atoms with Crippen LogP contribution in [0.3, 0.4) is 0 Å². The average molecular weight is 239 g/mol. The van der Waals surface area contributed by atoms with Crippen molar-refractivity contribution in [1.29, 1.82) is 0 Å². The number of hydrogen-bond acceptors (Lipinski definition) is 3. The second kappa shape index (κ2) is 6.23. The number of hydrogen-bond donors (Lipinski definition) is 1. The molecule has 0 saturated heterocycles. The molecule has 0 amide bonds. The number of rotatable bonds is 5. The Labute approximate surface area is 101 Å². The number of methoxy groups -OCH3 is 1. The lowest BCUT2D eigenvalue weighted by molar-refractivity contribution is 0.0601. The van der Waals surface area contributed by atoms with Gasteiger partial charge in [-0.3, -0.25) is 0 Å². The highest BCUT2D eigenvalue weighted by Crippen LogP contribution is 2.18. The van der Waals surface area contributed by atoms with Gasteiger partial charge in [-0.05, 0) is 24.1 Å². The van der Waals surface area contributed by atoms with Gasteiger partial charge in [-0.1, -0.05) is 20.3 Å². The molecule has 0 aliphatic heterocycles. The third-order valence-electron chi connectivity index (χ3n) is 2.72. The normalized spacial score (nSPS) is 12.0. The van der Waals surface area contributed by atoms with Crippen molar-refractivity contribution in [3.05, 3.63) is 29.6 Å². The van der Waals surface area contributed by atoms with Crippen LogP contribution in [0.4, 0.5) is 10.1 Å². The first-order chi connectivity index (χ1) is 8.08. The van der Waals surface area contributed by atoms with Crippen LogP contribution in [0, 0.1) is 11.7 Å². The number of ether oxygens (including phenoxy) is 1. The smallest absolute Gasteiger partial charge is 0.340 e. The second-order valence-electron chi connectivity index (χ2n) is 4.08. The van der Waals surface area contributed by atoms with Crippen molar-refractivity contribution in [2.24, 2.45) is 5.92 Å². The predicted molar refractivity (Wildman–Crippen MR) is 65.7 cm³/mol. The van der Waals surface area contributed by atoms with E-state index in [9.17, 15) is 9.18 Å². The number of esters is 1. The summed E-state index contributed by atoms with van der Waals surface area (Å²) in [6, 6.07) is 4.07. The summed E-state index contributed by atoms with van der Waals surface area (Å²) in [5.41, 5.74) is 0.842. The van der Waals surface area contributed by atoms with Crippen molar-refractivity contribution in [3.8, 4) is 0 Å². The zero-order valence-corrected chi connectivity index (χ0v) is 10.4. The molecule has 0 radical (unpaired) electrons. The molecule has 94 valence electrons. The van der Waals surface area contributed by atoms with Gasteiger partial charge in [0.1, 0.15) is 5.82 Å². The predicted octanol–water partition coefficient (Wildman–Crippen LogP) is 3.07. The number of nitrogens with one attached hydrogen (secondary N) is 1. The Bertz CT molecular complexity index is 393. The van der Waals surface area contributed by atoms with E-state index in [0.29, 0.717) is 11.6 Å². The topological polar surface area (TPSA) is 38.3 Å². The maximum Gasteiger partial charge on any atom is 0.340 e. The molecule has 1 unspecified atom stereocenters. The van der Waals surface area contributed by atoms with Gasteiger partial charge in [0, 0.05) is 12.2 Å². The zero-order valence-electron chi connectivity index (χ0n) is 10.4. The summed E-state index contributed by atoms with van der Waals surface area (Å²) in [7, 11) is 1.28. The Kier molecular flexibility index (Phi) is 4.94. The molecule has 0 fully saturated rings. The van der Waals surface area contributed by atoms with Crippen molar-refractivity contribution in [1.82, 2.24) is 0 Å². The van der Waals surface area contributed by atoms with E-state index < -0.39 is 11.8 Å². The van der Waals surface area contributed by atoms with Crippen LogP contribution >= 0.6 is 0 Å². The van der Waals surface area contributed by atoms with E-state index in [0.717, 1.165) is 13.0 Å². The molecule has 0 aliphatic carbocycles. The monoisotopic (exact) mass is 239 g/mol. The van der Waals surface area contributed by atoms with Gasteiger partial charge in [0.2, 0.25) is 0 Å². The van der Waals surface area contributed by atoms with Crippen LogP contribution < -0.4 is 5.32 Å². The Hall–Kier alpha value is -1.58. The second-order valence-corrected chi connectivity index (χ2v) is 4.08. The fraction of sp³-hybridized carbons (Fsp3) is 0.462. The molecule has 0 aromatic heterocycles. The first-order valence-electron chi connectivity index (χ1n) is 5.70. The third-order valence-corrected chi connectivity index (χ3v) is 2.72. The highest BCUT2D eigenvalue weighted by molar-refractivity contribution is 5.95. The SMILES string of the molecule is CCC(C)CNc1ccc(F)cc1C(=O)OC. The summed E-state index contributed by atoms with van der Waals surface area (Å²) in [6.45, 7) is 4.94. The van der Waals surface area contributed by atoms with Gasteiger partial charge in [0.15, 0.2) is 0 Å². The van der Waals surface area contributed by atoms with Gasteiger partial charge >= 0.3 is 5.97 Å². The lowest BCUT2D eigenvalue weighted by atomic mass is 10.1. The molecule has 0 bridgehead atoms. The van der Waals surface area contributed by atoms with Crippen molar-refractivity contribution in [2.75, 3.05) is 19.0 Å². The van der Waals surface area contributed by atoms with E-state index in [1.54, 1.807) is 6.07 Å². The molecular weight excluding hydrogens is 221 g/mol. The summed E-state index contributed by atoms with van der Waals surface area (Å²) < 4.78 is 17.7. The molecule has 1 atom stereocenters. The number of halogens is 1. The van der Waals surface area contributed by atoms with Gasteiger partial charge in [0.05, 0.1) is 12.7 Å². The summed E-state index contributed by atoms with van der Waals surface area (Å²) in [6.07, 6.45) is 1.04. The number of anilines is 1. The maximum absolute atomic E-state index is 13.1. The van der Waals surface area contributed by atoms with Gasteiger partial charge in [-0.15, -0.1) is 0 Å². The molecule has 1 aromatic carbocycles. The summed E-state index contributed by atoms with van der Waals surface area (Å²) in [4.78, 5) is 11.5. The highest BCUT2D eigenvalue weighted by Gasteiger charge is 2.13. The number of benzene rings is 1. The minimum absolute atomic E-state index is 0.232.